The minimum Gasteiger partial charge on any atom is -0.335 e. The predicted molar refractivity (Wildman–Crippen MR) is 107 cm³/mol. The van der Waals surface area contributed by atoms with Crippen molar-refractivity contribution in [2.24, 2.45) is 7.05 Å². The van der Waals surface area contributed by atoms with Crippen molar-refractivity contribution in [3.8, 4) is 0 Å². The third kappa shape index (κ3) is 4.17. The molecule has 3 aromatic heterocycles. The number of aromatic nitrogens is 6. The second kappa shape index (κ2) is 7.88. The van der Waals surface area contributed by atoms with Crippen LogP contribution in [0.3, 0.4) is 0 Å². The van der Waals surface area contributed by atoms with Crippen LogP contribution in [0.15, 0.2) is 35.3 Å². The molecule has 9 nitrogen and oxygen atoms in total. The first-order valence-electron chi connectivity index (χ1n) is 9.20. The SMILES string of the molecule is Cc1nn(C)cc1CN1CCN(C(=O)c2ccn(Cn3cc(Br)cn3)n2)CC1. The molecule has 3 aromatic rings. The monoisotopic (exact) mass is 446 g/mol. The Morgan fingerprint density at radius 1 is 1.14 bits per heavy atom. The molecule has 1 fully saturated rings. The van der Waals surface area contributed by atoms with Crippen LogP contribution in [0.4, 0.5) is 0 Å². The van der Waals surface area contributed by atoms with Gasteiger partial charge in [0.2, 0.25) is 0 Å². The van der Waals surface area contributed by atoms with Crippen molar-refractivity contribution in [3.63, 3.8) is 0 Å². The Bertz CT molecular complexity index is 966. The van der Waals surface area contributed by atoms with Gasteiger partial charge in [0.25, 0.3) is 5.91 Å². The Morgan fingerprint density at radius 2 is 1.93 bits per heavy atom. The zero-order valence-electron chi connectivity index (χ0n) is 16.0. The van der Waals surface area contributed by atoms with E-state index in [0.29, 0.717) is 25.5 Å². The molecule has 10 heteroatoms. The van der Waals surface area contributed by atoms with Crippen LogP contribution in [0.5, 0.6) is 0 Å². The number of rotatable bonds is 5. The molecule has 0 radical (unpaired) electrons. The lowest BCUT2D eigenvalue weighted by molar-refractivity contribution is 0.0621. The van der Waals surface area contributed by atoms with E-state index in [1.54, 1.807) is 21.6 Å². The second-order valence-electron chi connectivity index (χ2n) is 7.06. The van der Waals surface area contributed by atoms with Gasteiger partial charge in [-0.15, -0.1) is 0 Å². The summed E-state index contributed by atoms with van der Waals surface area (Å²) in [6.45, 7) is 6.48. The van der Waals surface area contributed by atoms with Gasteiger partial charge >= 0.3 is 0 Å². The molecule has 1 amide bonds. The standard InChI is InChI=1S/C18H23BrN8O/c1-14-15(10-23(2)21-14)11-24-5-7-25(8-6-24)18(28)17-3-4-26(22-17)13-27-12-16(19)9-20-27/h3-4,9-10,12H,5-8,11,13H2,1-2H3. The lowest BCUT2D eigenvalue weighted by Gasteiger charge is -2.34. The highest BCUT2D eigenvalue weighted by Gasteiger charge is 2.24. The number of halogens is 1. The molecule has 0 atom stereocenters. The number of piperazine rings is 1. The Labute approximate surface area is 171 Å². The van der Waals surface area contributed by atoms with Crippen molar-refractivity contribution in [2.45, 2.75) is 20.1 Å². The fourth-order valence-corrected chi connectivity index (χ4v) is 3.76. The highest BCUT2D eigenvalue weighted by molar-refractivity contribution is 9.10. The number of nitrogens with zero attached hydrogens (tertiary/aromatic N) is 8. The van der Waals surface area contributed by atoms with E-state index >= 15 is 0 Å². The van der Waals surface area contributed by atoms with E-state index in [1.165, 1.54) is 5.56 Å². The van der Waals surface area contributed by atoms with Gasteiger partial charge in [-0.3, -0.25) is 19.1 Å². The first kappa shape index (κ1) is 18.9. The summed E-state index contributed by atoms with van der Waals surface area (Å²) in [6.07, 6.45) is 7.47. The quantitative estimate of drug-likeness (QED) is 0.590. The number of amides is 1. The summed E-state index contributed by atoms with van der Waals surface area (Å²) in [5, 5.41) is 13.0. The van der Waals surface area contributed by atoms with Gasteiger partial charge in [0.05, 0.1) is 16.4 Å². The van der Waals surface area contributed by atoms with E-state index in [0.717, 1.165) is 29.8 Å². The minimum atomic E-state index is -0.0161. The maximum atomic E-state index is 12.8. The highest BCUT2D eigenvalue weighted by Crippen LogP contribution is 2.13. The lowest BCUT2D eigenvalue weighted by Crippen LogP contribution is -2.48. The molecule has 0 bridgehead atoms. The molecular formula is C18H23BrN8O. The molecule has 0 spiro atoms. The van der Waals surface area contributed by atoms with Gasteiger partial charge in [0.15, 0.2) is 0 Å². The first-order chi connectivity index (χ1) is 13.5. The zero-order valence-corrected chi connectivity index (χ0v) is 17.6. The van der Waals surface area contributed by atoms with Crippen LogP contribution in [-0.4, -0.2) is 71.2 Å². The van der Waals surface area contributed by atoms with Crippen molar-refractivity contribution < 1.29 is 4.79 Å². The molecule has 148 valence electrons. The summed E-state index contributed by atoms with van der Waals surface area (Å²) in [6, 6.07) is 1.77. The molecule has 1 aliphatic rings. The van der Waals surface area contributed by atoms with E-state index < -0.39 is 0 Å². The predicted octanol–water partition coefficient (Wildman–Crippen LogP) is 1.35. The Balaban J connectivity index is 1.32. The largest absolute Gasteiger partial charge is 0.335 e. The van der Waals surface area contributed by atoms with Crippen LogP contribution in [0.25, 0.3) is 0 Å². The molecule has 4 heterocycles. The van der Waals surface area contributed by atoms with Crippen LogP contribution in [0.2, 0.25) is 0 Å². The van der Waals surface area contributed by atoms with E-state index in [9.17, 15) is 4.79 Å². The van der Waals surface area contributed by atoms with Gasteiger partial charge in [-0.05, 0) is 28.9 Å². The number of hydrogen-bond acceptors (Lipinski definition) is 5. The fourth-order valence-electron chi connectivity index (χ4n) is 3.43. The van der Waals surface area contributed by atoms with E-state index in [-0.39, 0.29) is 5.91 Å². The van der Waals surface area contributed by atoms with Gasteiger partial charge in [0, 0.05) is 63.9 Å². The number of carbonyl (C=O) groups is 1. The summed E-state index contributed by atoms with van der Waals surface area (Å²) in [7, 11) is 1.94. The molecule has 1 aliphatic heterocycles. The minimum absolute atomic E-state index is 0.0161. The summed E-state index contributed by atoms with van der Waals surface area (Å²) >= 11 is 3.37. The molecule has 1 saturated heterocycles. The molecule has 0 aromatic carbocycles. The van der Waals surface area contributed by atoms with Gasteiger partial charge in [0.1, 0.15) is 12.4 Å². The van der Waals surface area contributed by atoms with Crippen LogP contribution in [0, 0.1) is 6.92 Å². The fraction of sp³-hybridized carbons (Fsp3) is 0.444. The lowest BCUT2D eigenvalue weighted by atomic mass is 10.2. The molecule has 0 saturated carbocycles. The van der Waals surface area contributed by atoms with E-state index in [2.05, 4.69) is 42.3 Å². The van der Waals surface area contributed by atoms with Crippen molar-refractivity contribution in [2.75, 3.05) is 26.2 Å². The van der Waals surface area contributed by atoms with Crippen LogP contribution in [0.1, 0.15) is 21.7 Å². The highest BCUT2D eigenvalue weighted by atomic mass is 79.9. The Hall–Kier alpha value is -2.46. The van der Waals surface area contributed by atoms with Gasteiger partial charge in [-0.2, -0.15) is 15.3 Å². The van der Waals surface area contributed by atoms with Gasteiger partial charge in [-0.1, -0.05) is 0 Å². The second-order valence-corrected chi connectivity index (χ2v) is 7.98. The van der Waals surface area contributed by atoms with Crippen LogP contribution >= 0.6 is 15.9 Å². The summed E-state index contributed by atoms with van der Waals surface area (Å²) in [5.74, 6) is -0.0161. The summed E-state index contributed by atoms with van der Waals surface area (Å²) in [4.78, 5) is 17.0. The number of carbonyl (C=O) groups excluding carboxylic acids is 1. The van der Waals surface area contributed by atoms with Crippen molar-refractivity contribution in [1.29, 1.82) is 0 Å². The van der Waals surface area contributed by atoms with Gasteiger partial charge < -0.3 is 4.90 Å². The molecule has 0 N–H and O–H groups in total. The van der Waals surface area contributed by atoms with Crippen LogP contribution in [-0.2, 0) is 20.3 Å². The molecular weight excluding hydrogens is 424 g/mol. The van der Waals surface area contributed by atoms with Crippen LogP contribution < -0.4 is 0 Å². The van der Waals surface area contributed by atoms with Crippen molar-refractivity contribution >= 4 is 21.8 Å². The van der Waals surface area contributed by atoms with Crippen molar-refractivity contribution in [1.82, 2.24) is 39.1 Å². The molecule has 28 heavy (non-hydrogen) atoms. The van der Waals surface area contributed by atoms with Crippen molar-refractivity contribution in [3.05, 3.63) is 52.3 Å². The smallest absolute Gasteiger partial charge is 0.274 e. The van der Waals surface area contributed by atoms with Gasteiger partial charge in [-0.25, -0.2) is 4.68 Å². The van der Waals surface area contributed by atoms with E-state index in [4.69, 9.17) is 0 Å². The number of aryl methyl sites for hydroxylation is 2. The Morgan fingerprint density at radius 3 is 2.57 bits per heavy atom. The maximum Gasteiger partial charge on any atom is 0.274 e. The topological polar surface area (TPSA) is 77.0 Å². The molecule has 0 aliphatic carbocycles. The zero-order chi connectivity index (χ0) is 19.7. The first-order valence-corrected chi connectivity index (χ1v) is 9.99. The molecule has 4 rings (SSSR count). The Kier molecular flexibility index (Phi) is 5.31. The average Bonchev–Trinajstić information content (AvgIpc) is 3.37. The normalized spacial score (nSPS) is 15.3. The third-order valence-electron chi connectivity index (χ3n) is 4.92. The molecule has 0 unspecified atom stereocenters. The number of hydrogen-bond donors (Lipinski definition) is 0. The average molecular weight is 447 g/mol. The summed E-state index contributed by atoms with van der Waals surface area (Å²) in [5.41, 5.74) is 2.78. The third-order valence-corrected chi connectivity index (χ3v) is 5.33. The van der Waals surface area contributed by atoms with E-state index in [1.807, 2.05) is 35.9 Å². The summed E-state index contributed by atoms with van der Waals surface area (Å²) < 4.78 is 6.23. The maximum absolute atomic E-state index is 12.8.